The molecule has 0 aliphatic carbocycles. The summed E-state index contributed by atoms with van der Waals surface area (Å²) in [4.78, 5) is 15.3. The number of benzene rings is 2. The van der Waals surface area contributed by atoms with Gasteiger partial charge < -0.3 is 14.6 Å². The van der Waals surface area contributed by atoms with Crippen molar-refractivity contribution in [3.8, 4) is 0 Å². The molecule has 174 valence electrons. The number of nitrogens with zero attached hydrogens (tertiary/aromatic N) is 4. The van der Waals surface area contributed by atoms with E-state index in [1.54, 1.807) is 0 Å². The summed E-state index contributed by atoms with van der Waals surface area (Å²) < 4.78 is 7.53. The fraction of sp³-hybridized carbons (Fsp3) is 0.400. The van der Waals surface area contributed by atoms with Gasteiger partial charge in [-0.3, -0.25) is 9.69 Å². The summed E-state index contributed by atoms with van der Waals surface area (Å²) in [6.45, 7) is 8.71. The Kier molecular flexibility index (Phi) is 8.15. The maximum Gasteiger partial charge on any atom is 0.231 e. The van der Waals surface area contributed by atoms with Crippen molar-refractivity contribution in [3.63, 3.8) is 0 Å². The molecule has 1 aliphatic rings. The Morgan fingerprint density at radius 2 is 1.79 bits per heavy atom. The molecule has 1 fully saturated rings. The lowest BCUT2D eigenvalue weighted by molar-refractivity contribution is -0.119. The molecule has 7 nitrogen and oxygen atoms in total. The Labute approximate surface area is 199 Å². The number of aromatic nitrogens is 3. The van der Waals surface area contributed by atoms with Crippen LogP contribution in [0.3, 0.4) is 0 Å². The van der Waals surface area contributed by atoms with Crippen LogP contribution in [0.1, 0.15) is 28.6 Å². The highest BCUT2D eigenvalue weighted by atomic mass is 32.2. The smallest absolute Gasteiger partial charge is 0.231 e. The number of ether oxygens (including phenoxy) is 1. The zero-order valence-corrected chi connectivity index (χ0v) is 20.1. The van der Waals surface area contributed by atoms with Gasteiger partial charge in [0.25, 0.3) is 0 Å². The van der Waals surface area contributed by atoms with Crippen molar-refractivity contribution in [1.82, 2.24) is 25.0 Å². The van der Waals surface area contributed by atoms with Crippen LogP contribution in [0.2, 0.25) is 0 Å². The number of hydrogen-bond acceptors (Lipinski definition) is 6. The molecule has 0 bridgehead atoms. The zero-order chi connectivity index (χ0) is 23.0. The predicted molar refractivity (Wildman–Crippen MR) is 130 cm³/mol. The van der Waals surface area contributed by atoms with Gasteiger partial charge in [0.15, 0.2) is 5.16 Å². The molecule has 0 saturated carbocycles. The van der Waals surface area contributed by atoms with E-state index in [2.05, 4.69) is 68.3 Å². The van der Waals surface area contributed by atoms with E-state index >= 15 is 0 Å². The number of carbonyl (C=O) groups is 1. The lowest BCUT2D eigenvalue weighted by atomic mass is 10.0. The first-order valence-electron chi connectivity index (χ1n) is 11.3. The fourth-order valence-electron chi connectivity index (χ4n) is 3.86. The number of amides is 1. The summed E-state index contributed by atoms with van der Waals surface area (Å²) in [5.41, 5.74) is 3.50. The quantitative estimate of drug-likeness (QED) is 0.489. The van der Waals surface area contributed by atoms with E-state index in [4.69, 9.17) is 4.74 Å². The summed E-state index contributed by atoms with van der Waals surface area (Å²) in [7, 11) is 0. The summed E-state index contributed by atoms with van der Waals surface area (Å²) in [5, 5.41) is 12.5. The fourth-order valence-corrected chi connectivity index (χ4v) is 4.65. The second-order valence-electron chi connectivity index (χ2n) is 8.33. The highest BCUT2D eigenvalue weighted by molar-refractivity contribution is 7.99. The number of nitrogens with one attached hydrogen (secondary N) is 1. The minimum absolute atomic E-state index is 0.00857. The van der Waals surface area contributed by atoms with Crippen molar-refractivity contribution in [3.05, 3.63) is 77.1 Å². The molecule has 8 heteroatoms. The largest absolute Gasteiger partial charge is 0.379 e. The maximum atomic E-state index is 13.0. The molecule has 0 spiro atoms. The van der Waals surface area contributed by atoms with Crippen LogP contribution in [0, 0.1) is 13.8 Å². The van der Waals surface area contributed by atoms with Crippen LogP contribution in [-0.4, -0.2) is 64.2 Å². The van der Waals surface area contributed by atoms with Crippen LogP contribution in [0.4, 0.5) is 0 Å². The van der Waals surface area contributed by atoms with Crippen LogP contribution < -0.4 is 5.32 Å². The normalized spacial score (nSPS) is 15.3. The van der Waals surface area contributed by atoms with Crippen LogP contribution in [0.15, 0.2) is 59.8 Å². The van der Waals surface area contributed by atoms with Gasteiger partial charge in [0, 0.05) is 19.6 Å². The topological polar surface area (TPSA) is 72.3 Å². The first kappa shape index (κ1) is 23.5. The molecule has 1 aromatic heterocycles. The van der Waals surface area contributed by atoms with Gasteiger partial charge in [-0.2, -0.15) is 0 Å². The first-order valence-corrected chi connectivity index (χ1v) is 12.3. The molecule has 33 heavy (non-hydrogen) atoms. The molecule has 2 aromatic carbocycles. The van der Waals surface area contributed by atoms with E-state index in [0.29, 0.717) is 12.3 Å². The molecule has 1 atom stereocenters. The van der Waals surface area contributed by atoms with Gasteiger partial charge in [0.05, 0.1) is 31.6 Å². The van der Waals surface area contributed by atoms with Crippen molar-refractivity contribution in [2.24, 2.45) is 0 Å². The molecule has 1 aliphatic heterocycles. The number of rotatable bonds is 9. The SMILES string of the molecule is Cc1ccc([C@@H](CN2CCOCC2)NC(=O)CSc2nnc(C)n2Cc2ccccc2)cc1. The Morgan fingerprint density at radius 1 is 1.06 bits per heavy atom. The zero-order valence-electron chi connectivity index (χ0n) is 19.2. The Hall–Kier alpha value is -2.68. The van der Waals surface area contributed by atoms with Crippen LogP contribution in [0.25, 0.3) is 0 Å². The van der Waals surface area contributed by atoms with Gasteiger partial charge in [-0.1, -0.05) is 71.9 Å². The minimum atomic E-state index is -0.0688. The third-order valence-electron chi connectivity index (χ3n) is 5.78. The second-order valence-corrected chi connectivity index (χ2v) is 9.28. The summed E-state index contributed by atoms with van der Waals surface area (Å²) >= 11 is 1.42. The average Bonchev–Trinajstić information content (AvgIpc) is 3.18. The van der Waals surface area contributed by atoms with Crippen molar-refractivity contribution in [2.75, 3.05) is 38.6 Å². The Balaban J connectivity index is 1.40. The van der Waals surface area contributed by atoms with E-state index in [1.807, 2.05) is 25.1 Å². The molecular weight excluding hydrogens is 434 g/mol. The molecule has 4 rings (SSSR count). The number of morpholine rings is 1. The van der Waals surface area contributed by atoms with Crippen molar-refractivity contribution in [1.29, 1.82) is 0 Å². The second kappa shape index (κ2) is 11.4. The average molecular weight is 466 g/mol. The lowest BCUT2D eigenvalue weighted by Gasteiger charge is -2.31. The predicted octanol–water partition coefficient (Wildman–Crippen LogP) is 3.23. The van der Waals surface area contributed by atoms with E-state index in [9.17, 15) is 4.79 Å². The van der Waals surface area contributed by atoms with Gasteiger partial charge in [0.2, 0.25) is 5.91 Å². The number of aryl methyl sites for hydroxylation is 2. The number of hydrogen-bond donors (Lipinski definition) is 1. The van der Waals surface area contributed by atoms with E-state index < -0.39 is 0 Å². The first-order chi connectivity index (χ1) is 16.1. The summed E-state index contributed by atoms with van der Waals surface area (Å²) in [5.74, 6) is 1.12. The number of carbonyl (C=O) groups excluding carboxylic acids is 1. The minimum Gasteiger partial charge on any atom is -0.379 e. The highest BCUT2D eigenvalue weighted by Crippen LogP contribution is 2.20. The van der Waals surface area contributed by atoms with Gasteiger partial charge in [0.1, 0.15) is 5.82 Å². The van der Waals surface area contributed by atoms with Crippen molar-refractivity contribution < 1.29 is 9.53 Å². The van der Waals surface area contributed by atoms with Crippen LogP contribution in [0.5, 0.6) is 0 Å². The number of thioether (sulfide) groups is 1. The monoisotopic (exact) mass is 465 g/mol. The molecule has 0 radical (unpaired) electrons. The van der Waals surface area contributed by atoms with Gasteiger partial charge in [-0.25, -0.2) is 0 Å². The molecule has 2 heterocycles. The van der Waals surface area contributed by atoms with E-state index in [-0.39, 0.29) is 11.9 Å². The van der Waals surface area contributed by atoms with Crippen LogP contribution in [-0.2, 0) is 16.1 Å². The van der Waals surface area contributed by atoms with Gasteiger partial charge in [-0.05, 0) is 25.0 Å². The third kappa shape index (κ3) is 6.66. The Morgan fingerprint density at radius 3 is 2.52 bits per heavy atom. The molecule has 1 saturated heterocycles. The molecular formula is C25H31N5O2S. The molecule has 1 amide bonds. The maximum absolute atomic E-state index is 13.0. The molecule has 0 unspecified atom stereocenters. The van der Waals surface area contributed by atoms with Gasteiger partial charge >= 0.3 is 0 Å². The van der Waals surface area contributed by atoms with E-state index in [0.717, 1.165) is 49.4 Å². The van der Waals surface area contributed by atoms with Gasteiger partial charge in [-0.15, -0.1) is 10.2 Å². The van der Waals surface area contributed by atoms with E-state index in [1.165, 1.54) is 22.9 Å². The third-order valence-corrected chi connectivity index (χ3v) is 6.74. The summed E-state index contributed by atoms with van der Waals surface area (Å²) in [6, 6.07) is 18.5. The van der Waals surface area contributed by atoms with Crippen molar-refractivity contribution >= 4 is 17.7 Å². The standard InChI is InChI=1S/C25H31N5O2S/c1-19-8-10-22(11-9-19)23(17-29-12-14-32-15-13-29)26-24(31)18-33-25-28-27-20(2)30(25)16-21-6-4-3-5-7-21/h3-11,23H,12-18H2,1-2H3,(H,26,31)/t23-/m1/s1. The molecule has 1 N–H and O–H groups in total. The summed E-state index contributed by atoms with van der Waals surface area (Å²) in [6.07, 6.45) is 0. The van der Waals surface area contributed by atoms with Crippen molar-refractivity contribution in [2.45, 2.75) is 31.6 Å². The molecule has 3 aromatic rings. The van der Waals surface area contributed by atoms with Crippen LogP contribution >= 0.6 is 11.8 Å². The Bertz CT molecular complexity index is 1030. The highest BCUT2D eigenvalue weighted by Gasteiger charge is 2.21. The lowest BCUT2D eigenvalue weighted by Crippen LogP contribution is -2.43.